The molecular weight excluding hydrogens is 318 g/mol. The average Bonchev–Trinajstić information content (AvgIpc) is 2.52. The summed E-state index contributed by atoms with van der Waals surface area (Å²) in [7, 11) is 1.73. The molecule has 0 aliphatic heterocycles. The zero-order chi connectivity index (χ0) is 17.7. The van der Waals surface area contributed by atoms with Gasteiger partial charge < -0.3 is 26.8 Å². The average molecular weight is 346 g/mol. The first-order valence-corrected chi connectivity index (χ1v) is 8.23. The van der Waals surface area contributed by atoms with Gasteiger partial charge in [0.05, 0.1) is 6.04 Å². The summed E-state index contributed by atoms with van der Waals surface area (Å²) >= 11 is 4.93. The Labute approximate surface area is 142 Å². The summed E-state index contributed by atoms with van der Waals surface area (Å²) in [4.78, 5) is 23.0. The normalized spacial score (nSPS) is 13.0. The van der Waals surface area contributed by atoms with Crippen LogP contribution in [0.5, 0.6) is 0 Å². The first-order valence-electron chi connectivity index (χ1n) is 7.82. The molecule has 0 spiro atoms. The van der Waals surface area contributed by atoms with Gasteiger partial charge in [0.15, 0.2) is 5.11 Å². The van der Waals surface area contributed by atoms with Crippen LogP contribution in [0.2, 0.25) is 0 Å². The number of amides is 1. The minimum atomic E-state index is -1.08. The molecule has 0 saturated heterocycles. The molecule has 0 rings (SSSR count). The van der Waals surface area contributed by atoms with Crippen LogP contribution in [-0.2, 0) is 9.59 Å². The Kier molecular flexibility index (Phi) is 12.2. The van der Waals surface area contributed by atoms with E-state index in [4.69, 9.17) is 28.8 Å². The van der Waals surface area contributed by atoms with Crippen LogP contribution in [0, 0.1) is 0 Å². The fraction of sp³-hybridized carbons (Fsp3) is 0.786. The minimum Gasteiger partial charge on any atom is -0.480 e. The Bertz CT molecular complexity index is 381. The number of carboxylic acid groups (broad SMARTS) is 1. The maximum absolute atomic E-state index is 11.9. The summed E-state index contributed by atoms with van der Waals surface area (Å²) in [6.07, 6.45) is 3.53. The maximum atomic E-state index is 11.9. The Hall–Kier alpha value is -1.45. The Morgan fingerprint density at radius 1 is 1.22 bits per heavy atom. The number of unbranched alkanes of at least 4 members (excludes halogenated alkanes) is 2. The smallest absolute Gasteiger partial charge is 0.326 e. The lowest BCUT2D eigenvalue weighted by molar-refractivity contribution is -0.142. The molecule has 0 heterocycles. The van der Waals surface area contributed by atoms with E-state index < -0.39 is 24.0 Å². The fourth-order valence-corrected chi connectivity index (χ4v) is 2.02. The number of carboxylic acids is 1. The van der Waals surface area contributed by atoms with Gasteiger partial charge in [-0.25, -0.2) is 10.5 Å². The van der Waals surface area contributed by atoms with Crippen LogP contribution in [0.25, 0.3) is 0 Å². The van der Waals surface area contributed by atoms with Crippen molar-refractivity contribution in [2.45, 2.75) is 50.6 Å². The highest BCUT2D eigenvalue weighted by molar-refractivity contribution is 7.80. The van der Waals surface area contributed by atoms with Gasteiger partial charge in [-0.3, -0.25) is 4.79 Å². The second-order valence-electron chi connectivity index (χ2n) is 5.24. The van der Waals surface area contributed by atoms with E-state index in [1.165, 1.54) is 0 Å². The quantitative estimate of drug-likeness (QED) is 0.239. The lowest BCUT2D eigenvalue weighted by Crippen LogP contribution is -2.46. The van der Waals surface area contributed by atoms with Crippen LogP contribution in [0.4, 0.5) is 0 Å². The third kappa shape index (κ3) is 10.8. The molecule has 0 aromatic carbocycles. The van der Waals surface area contributed by atoms with Crippen LogP contribution in [-0.4, -0.2) is 54.3 Å². The van der Waals surface area contributed by atoms with Gasteiger partial charge in [0.25, 0.3) is 0 Å². The highest BCUT2D eigenvalue weighted by Crippen LogP contribution is 2.04. The lowest BCUT2D eigenvalue weighted by Gasteiger charge is -2.17. The molecule has 0 saturated carbocycles. The molecule has 2 unspecified atom stereocenters. The minimum absolute atomic E-state index is 0.330. The van der Waals surface area contributed by atoms with Crippen LogP contribution < -0.4 is 27.4 Å². The van der Waals surface area contributed by atoms with Gasteiger partial charge in [0, 0.05) is 13.6 Å². The van der Waals surface area contributed by atoms with Crippen molar-refractivity contribution in [2.24, 2.45) is 5.73 Å². The molecular formula is C14H28N5O3S. The molecule has 0 fully saturated rings. The van der Waals surface area contributed by atoms with Crippen LogP contribution in [0.15, 0.2) is 0 Å². The van der Waals surface area contributed by atoms with E-state index in [1.54, 1.807) is 7.05 Å². The molecule has 2 atom stereocenters. The fourth-order valence-electron chi connectivity index (χ4n) is 1.92. The first-order chi connectivity index (χ1) is 10.9. The predicted molar refractivity (Wildman–Crippen MR) is 92.9 cm³/mol. The zero-order valence-corrected chi connectivity index (χ0v) is 14.4. The van der Waals surface area contributed by atoms with Crippen molar-refractivity contribution in [3.63, 3.8) is 0 Å². The van der Waals surface area contributed by atoms with E-state index in [9.17, 15) is 9.59 Å². The van der Waals surface area contributed by atoms with Gasteiger partial charge in [0.2, 0.25) is 5.91 Å². The van der Waals surface area contributed by atoms with Crippen molar-refractivity contribution >= 4 is 29.2 Å². The van der Waals surface area contributed by atoms with Crippen molar-refractivity contribution in [1.29, 1.82) is 0 Å². The number of rotatable bonds is 12. The van der Waals surface area contributed by atoms with Crippen LogP contribution in [0.3, 0.4) is 0 Å². The molecule has 0 bridgehead atoms. The van der Waals surface area contributed by atoms with Gasteiger partial charge in [-0.15, -0.1) is 0 Å². The number of carbonyl (C=O) groups is 2. The summed E-state index contributed by atoms with van der Waals surface area (Å²) in [5.74, 6) is -1.61. The predicted octanol–water partition coefficient (Wildman–Crippen LogP) is -0.399. The Morgan fingerprint density at radius 2 is 1.87 bits per heavy atom. The zero-order valence-electron chi connectivity index (χ0n) is 13.6. The summed E-state index contributed by atoms with van der Waals surface area (Å²) in [6, 6.07) is -1.90. The van der Waals surface area contributed by atoms with E-state index >= 15 is 0 Å². The van der Waals surface area contributed by atoms with Gasteiger partial charge in [-0.2, -0.15) is 0 Å². The highest BCUT2D eigenvalue weighted by atomic mass is 32.1. The van der Waals surface area contributed by atoms with E-state index in [0.717, 1.165) is 6.42 Å². The number of thiocarbonyl (C=S) groups is 1. The number of aliphatic carboxylic acids is 1. The summed E-state index contributed by atoms with van der Waals surface area (Å²) < 4.78 is 0. The van der Waals surface area contributed by atoms with Gasteiger partial charge in [-0.1, -0.05) is 0 Å². The van der Waals surface area contributed by atoms with E-state index in [1.807, 2.05) is 0 Å². The molecule has 0 aliphatic carbocycles. The van der Waals surface area contributed by atoms with Crippen LogP contribution >= 0.6 is 12.2 Å². The first kappa shape index (κ1) is 21.6. The molecule has 23 heavy (non-hydrogen) atoms. The summed E-state index contributed by atoms with van der Waals surface area (Å²) in [5.41, 5.74) is 13.2. The van der Waals surface area contributed by atoms with Crippen LogP contribution in [0.1, 0.15) is 38.5 Å². The molecule has 8 nitrogen and oxygen atoms in total. The molecule has 7 N–H and O–H groups in total. The molecule has 0 aromatic rings. The summed E-state index contributed by atoms with van der Waals surface area (Å²) in [6.45, 7) is 1.16. The number of nitrogens with one attached hydrogen (secondary N) is 4. The second-order valence-corrected chi connectivity index (χ2v) is 5.65. The largest absolute Gasteiger partial charge is 0.480 e. The van der Waals surface area contributed by atoms with E-state index in [2.05, 4.69) is 16.0 Å². The number of carbonyl (C=O) groups excluding carboxylic acids is 1. The van der Waals surface area contributed by atoms with Crippen molar-refractivity contribution in [3.05, 3.63) is 0 Å². The Morgan fingerprint density at radius 3 is 2.43 bits per heavy atom. The number of hydrogen-bond donors (Lipinski definition) is 5. The van der Waals surface area contributed by atoms with E-state index in [0.29, 0.717) is 50.3 Å². The van der Waals surface area contributed by atoms with Crippen molar-refractivity contribution in [1.82, 2.24) is 21.7 Å². The molecule has 1 radical (unpaired) electrons. The monoisotopic (exact) mass is 346 g/mol. The Balaban J connectivity index is 4.01. The number of hydrogen-bond acceptors (Lipinski definition) is 4. The SMILES string of the molecule is CNC(=S)NCCCCC([NH])C(=O)NC(CCCCN)C(=O)O. The molecule has 1 amide bonds. The molecule has 0 aliphatic rings. The number of nitrogens with two attached hydrogens (primary N) is 1. The molecule has 133 valence electrons. The third-order valence-corrected chi connectivity index (χ3v) is 3.66. The topological polar surface area (TPSA) is 140 Å². The lowest BCUT2D eigenvalue weighted by atomic mass is 10.1. The van der Waals surface area contributed by atoms with Crippen molar-refractivity contribution in [2.75, 3.05) is 20.1 Å². The maximum Gasteiger partial charge on any atom is 0.326 e. The van der Waals surface area contributed by atoms with Gasteiger partial charge in [0.1, 0.15) is 6.04 Å². The third-order valence-electron chi connectivity index (χ3n) is 3.31. The molecule has 9 heteroatoms. The van der Waals surface area contributed by atoms with Gasteiger partial charge >= 0.3 is 5.97 Å². The standard InChI is InChI=1S/C14H28N5O3S/c1-17-14(23)18-9-5-3-6-10(16)12(20)19-11(13(21)22)7-2-4-8-15/h10-11,16H,2-9,15H2,1H3,(H,19,20)(H,21,22)(H2,17,18,23). The van der Waals surface area contributed by atoms with Crippen molar-refractivity contribution < 1.29 is 14.7 Å². The van der Waals surface area contributed by atoms with Gasteiger partial charge in [-0.05, 0) is 57.3 Å². The summed E-state index contributed by atoms with van der Waals surface area (Å²) in [5, 5.41) is 17.9. The second kappa shape index (κ2) is 13.0. The molecule has 0 aromatic heterocycles. The highest BCUT2D eigenvalue weighted by Gasteiger charge is 2.22. The van der Waals surface area contributed by atoms with E-state index in [-0.39, 0.29) is 0 Å². The van der Waals surface area contributed by atoms with Crippen molar-refractivity contribution in [3.8, 4) is 0 Å².